The number of thiazole rings is 1. The van der Waals surface area contributed by atoms with Crippen LogP contribution in [0.25, 0.3) is 0 Å². The molecule has 1 aromatic heterocycles. The van der Waals surface area contributed by atoms with E-state index in [1.165, 1.54) is 23.5 Å². The van der Waals surface area contributed by atoms with E-state index in [1.54, 1.807) is 6.20 Å². The molecule has 0 bridgehead atoms. The number of hydrogen-bond donors (Lipinski definition) is 1. The third kappa shape index (κ3) is 3.54. The lowest BCUT2D eigenvalue weighted by molar-refractivity contribution is -0.137. The first-order valence-corrected chi connectivity index (χ1v) is 6.54. The van der Waals surface area contributed by atoms with Crippen LogP contribution in [0.3, 0.4) is 0 Å². The summed E-state index contributed by atoms with van der Waals surface area (Å²) in [6, 6.07) is 5.08. The lowest BCUT2D eigenvalue weighted by atomic mass is 10.1. The predicted molar refractivity (Wildman–Crippen MR) is 69.0 cm³/mol. The molecule has 0 amide bonds. The summed E-state index contributed by atoms with van der Waals surface area (Å²) in [5.74, 6) is 0. The van der Waals surface area contributed by atoms with Crippen LogP contribution in [0.2, 0.25) is 0 Å². The molecule has 1 unspecified atom stereocenters. The number of alkyl halides is 3. The van der Waals surface area contributed by atoms with Gasteiger partial charge in [0, 0.05) is 23.5 Å². The summed E-state index contributed by atoms with van der Waals surface area (Å²) in [6.45, 7) is 1.87. The summed E-state index contributed by atoms with van der Waals surface area (Å²) in [7, 11) is 0. The molecule has 102 valence electrons. The molecule has 0 saturated heterocycles. The van der Waals surface area contributed by atoms with Gasteiger partial charge in [-0.15, -0.1) is 11.3 Å². The van der Waals surface area contributed by atoms with Gasteiger partial charge in [-0.2, -0.15) is 13.2 Å². The van der Waals surface area contributed by atoms with Crippen LogP contribution in [0.15, 0.2) is 30.5 Å². The van der Waals surface area contributed by atoms with E-state index in [0.717, 1.165) is 27.6 Å². The first-order valence-electron chi connectivity index (χ1n) is 5.72. The van der Waals surface area contributed by atoms with Crippen molar-refractivity contribution in [1.29, 1.82) is 0 Å². The van der Waals surface area contributed by atoms with E-state index < -0.39 is 11.7 Å². The van der Waals surface area contributed by atoms with Crippen molar-refractivity contribution >= 4 is 11.3 Å². The Morgan fingerprint density at radius 3 is 2.37 bits per heavy atom. The zero-order valence-corrected chi connectivity index (χ0v) is 11.1. The molecule has 1 heterocycles. The van der Waals surface area contributed by atoms with Crippen LogP contribution in [-0.4, -0.2) is 4.98 Å². The first-order chi connectivity index (χ1) is 8.86. The van der Waals surface area contributed by atoms with Gasteiger partial charge in [-0.05, 0) is 24.6 Å². The van der Waals surface area contributed by atoms with Crippen molar-refractivity contribution in [3.63, 3.8) is 0 Å². The van der Waals surface area contributed by atoms with Gasteiger partial charge in [-0.25, -0.2) is 4.98 Å². The van der Waals surface area contributed by atoms with Crippen molar-refractivity contribution in [3.8, 4) is 0 Å². The fourth-order valence-corrected chi connectivity index (χ4v) is 2.51. The molecule has 0 aliphatic rings. The summed E-state index contributed by atoms with van der Waals surface area (Å²) in [5.41, 5.74) is 5.91. The monoisotopic (exact) mass is 286 g/mol. The van der Waals surface area contributed by atoms with Crippen LogP contribution >= 0.6 is 11.3 Å². The molecular weight excluding hydrogens is 273 g/mol. The minimum absolute atomic E-state index is 0.0705. The van der Waals surface area contributed by atoms with Crippen molar-refractivity contribution in [2.24, 2.45) is 5.73 Å². The Bertz CT molecular complexity index is 544. The largest absolute Gasteiger partial charge is 0.416 e. The van der Waals surface area contributed by atoms with Gasteiger partial charge in [0.25, 0.3) is 0 Å². The Kier molecular flexibility index (Phi) is 3.91. The summed E-state index contributed by atoms with van der Waals surface area (Å²) >= 11 is 1.49. The second-order valence-corrected chi connectivity index (χ2v) is 5.46. The maximum atomic E-state index is 12.4. The third-order valence-electron chi connectivity index (χ3n) is 2.66. The summed E-state index contributed by atoms with van der Waals surface area (Å²) in [6.07, 6.45) is -2.05. The minimum atomic E-state index is -4.29. The molecule has 2 N–H and O–H groups in total. The molecule has 1 atom stereocenters. The average molecular weight is 286 g/mol. The maximum absolute atomic E-state index is 12.4. The first kappa shape index (κ1) is 14.0. The molecular formula is C13H13F3N2S. The van der Waals surface area contributed by atoms with Crippen LogP contribution in [0, 0.1) is 0 Å². The molecule has 0 aliphatic carbocycles. The van der Waals surface area contributed by atoms with Crippen molar-refractivity contribution in [3.05, 3.63) is 51.5 Å². The summed E-state index contributed by atoms with van der Waals surface area (Å²) in [5, 5.41) is 0.854. The normalized spacial score (nSPS) is 13.5. The Morgan fingerprint density at radius 1 is 1.26 bits per heavy atom. The number of aromatic nitrogens is 1. The van der Waals surface area contributed by atoms with E-state index in [9.17, 15) is 13.2 Å². The molecule has 2 nitrogen and oxygen atoms in total. The average Bonchev–Trinajstić information content (AvgIpc) is 2.77. The highest BCUT2D eigenvalue weighted by molar-refractivity contribution is 7.11. The van der Waals surface area contributed by atoms with Gasteiger partial charge in [0.1, 0.15) is 0 Å². The van der Waals surface area contributed by atoms with Crippen molar-refractivity contribution < 1.29 is 13.2 Å². The second kappa shape index (κ2) is 5.30. The molecule has 0 saturated carbocycles. The lowest BCUT2D eigenvalue weighted by Gasteiger charge is -2.06. The fraction of sp³-hybridized carbons (Fsp3) is 0.308. The summed E-state index contributed by atoms with van der Waals surface area (Å²) < 4.78 is 37.2. The maximum Gasteiger partial charge on any atom is 0.416 e. The lowest BCUT2D eigenvalue weighted by Crippen LogP contribution is -2.04. The van der Waals surface area contributed by atoms with E-state index in [0.29, 0.717) is 6.42 Å². The number of benzene rings is 1. The van der Waals surface area contributed by atoms with Gasteiger partial charge in [0.2, 0.25) is 0 Å². The fourth-order valence-electron chi connectivity index (χ4n) is 1.60. The number of nitrogens with two attached hydrogens (primary N) is 1. The summed E-state index contributed by atoms with van der Waals surface area (Å²) in [4.78, 5) is 5.19. The second-order valence-electron chi connectivity index (χ2n) is 4.32. The zero-order valence-electron chi connectivity index (χ0n) is 10.2. The van der Waals surface area contributed by atoms with E-state index in [1.807, 2.05) is 6.92 Å². The Hall–Kier alpha value is -1.40. The number of nitrogens with zero attached hydrogens (tertiary/aromatic N) is 1. The van der Waals surface area contributed by atoms with E-state index in [-0.39, 0.29) is 6.04 Å². The Labute approximate surface area is 113 Å². The molecule has 0 radical (unpaired) electrons. The molecule has 1 aromatic carbocycles. The van der Waals surface area contributed by atoms with E-state index in [2.05, 4.69) is 4.98 Å². The van der Waals surface area contributed by atoms with Gasteiger partial charge in [-0.1, -0.05) is 12.1 Å². The van der Waals surface area contributed by atoms with Crippen molar-refractivity contribution in [2.75, 3.05) is 0 Å². The minimum Gasteiger partial charge on any atom is -0.323 e. The smallest absolute Gasteiger partial charge is 0.323 e. The van der Waals surface area contributed by atoms with Crippen LogP contribution in [0.5, 0.6) is 0 Å². The number of halogens is 3. The van der Waals surface area contributed by atoms with E-state index >= 15 is 0 Å². The molecule has 2 aromatic rings. The molecule has 6 heteroatoms. The topological polar surface area (TPSA) is 38.9 Å². The van der Waals surface area contributed by atoms with Gasteiger partial charge < -0.3 is 5.73 Å². The molecule has 0 spiro atoms. The third-order valence-corrected chi connectivity index (χ3v) is 3.86. The predicted octanol–water partition coefficient (Wildman–Crippen LogP) is 3.77. The van der Waals surface area contributed by atoms with Crippen molar-refractivity contribution in [1.82, 2.24) is 4.98 Å². The van der Waals surface area contributed by atoms with Crippen LogP contribution < -0.4 is 5.73 Å². The standard InChI is InChI=1S/C13H13F3N2S/c1-8(17)11-7-18-12(19-11)6-9-2-4-10(5-3-9)13(14,15)16/h2-5,7-8H,6,17H2,1H3. The number of hydrogen-bond acceptors (Lipinski definition) is 3. The molecule has 2 rings (SSSR count). The molecule has 0 aliphatic heterocycles. The zero-order chi connectivity index (χ0) is 14.0. The highest BCUT2D eigenvalue weighted by atomic mass is 32.1. The van der Waals surface area contributed by atoms with Crippen molar-refractivity contribution in [2.45, 2.75) is 25.6 Å². The van der Waals surface area contributed by atoms with Gasteiger partial charge in [-0.3, -0.25) is 0 Å². The van der Waals surface area contributed by atoms with Gasteiger partial charge in [0.15, 0.2) is 0 Å². The number of rotatable bonds is 3. The SMILES string of the molecule is CC(N)c1cnc(Cc2ccc(C(F)(F)F)cc2)s1. The van der Waals surface area contributed by atoms with E-state index in [4.69, 9.17) is 5.73 Å². The highest BCUT2D eigenvalue weighted by Crippen LogP contribution is 2.29. The van der Waals surface area contributed by atoms with Gasteiger partial charge in [0.05, 0.1) is 10.6 Å². The molecule has 0 fully saturated rings. The van der Waals surface area contributed by atoms with Crippen LogP contribution in [0.4, 0.5) is 13.2 Å². The Balaban J connectivity index is 2.11. The van der Waals surface area contributed by atoms with Crippen LogP contribution in [0.1, 0.15) is 34.0 Å². The highest BCUT2D eigenvalue weighted by Gasteiger charge is 2.29. The van der Waals surface area contributed by atoms with Gasteiger partial charge >= 0.3 is 6.18 Å². The quantitative estimate of drug-likeness (QED) is 0.932. The molecule has 19 heavy (non-hydrogen) atoms. The van der Waals surface area contributed by atoms with Crippen LogP contribution in [-0.2, 0) is 12.6 Å². The Morgan fingerprint density at radius 2 is 1.89 bits per heavy atom.